The summed E-state index contributed by atoms with van der Waals surface area (Å²) >= 11 is 0. The zero-order valence-electron chi connectivity index (χ0n) is 13.7. The SMILES string of the molecule is Cc1cnc(CN(C)[C@@H]2CCN(Cc3noc(C4CC4)n3)C2)o1. The zero-order valence-corrected chi connectivity index (χ0v) is 13.7. The van der Waals surface area contributed by atoms with Crippen molar-refractivity contribution in [1.29, 1.82) is 0 Å². The lowest BCUT2D eigenvalue weighted by Crippen LogP contribution is -2.34. The molecule has 0 N–H and O–H groups in total. The highest BCUT2D eigenvalue weighted by Gasteiger charge is 2.31. The number of rotatable bonds is 6. The van der Waals surface area contributed by atoms with Gasteiger partial charge in [0.25, 0.3) is 0 Å². The van der Waals surface area contributed by atoms with Crippen LogP contribution in [0.4, 0.5) is 0 Å². The summed E-state index contributed by atoms with van der Waals surface area (Å²) in [5.74, 6) is 3.82. The highest BCUT2D eigenvalue weighted by molar-refractivity contribution is 5.02. The fourth-order valence-electron chi connectivity index (χ4n) is 3.16. The van der Waals surface area contributed by atoms with Crippen molar-refractivity contribution >= 4 is 0 Å². The first-order valence-corrected chi connectivity index (χ1v) is 8.34. The molecule has 1 aliphatic heterocycles. The van der Waals surface area contributed by atoms with Gasteiger partial charge in [0.1, 0.15) is 5.76 Å². The molecule has 7 heteroatoms. The van der Waals surface area contributed by atoms with Crippen molar-refractivity contribution in [3.05, 3.63) is 29.6 Å². The van der Waals surface area contributed by atoms with E-state index < -0.39 is 0 Å². The Morgan fingerprint density at radius 1 is 1.35 bits per heavy atom. The van der Waals surface area contributed by atoms with Crippen LogP contribution in [0.2, 0.25) is 0 Å². The Balaban J connectivity index is 1.29. The first-order valence-electron chi connectivity index (χ1n) is 8.34. The van der Waals surface area contributed by atoms with E-state index in [2.05, 4.69) is 32.0 Å². The molecule has 2 aromatic rings. The van der Waals surface area contributed by atoms with E-state index in [4.69, 9.17) is 8.94 Å². The molecule has 1 atom stereocenters. The summed E-state index contributed by atoms with van der Waals surface area (Å²) < 4.78 is 10.9. The lowest BCUT2D eigenvalue weighted by atomic mass is 10.2. The lowest BCUT2D eigenvalue weighted by Gasteiger charge is -2.23. The second-order valence-corrected chi connectivity index (χ2v) is 6.78. The van der Waals surface area contributed by atoms with E-state index in [1.54, 1.807) is 6.20 Å². The van der Waals surface area contributed by atoms with Gasteiger partial charge in [-0.15, -0.1) is 0 Å². The summed E-state index contributed by atoms with van der Waals surface area (Å²) in [5, 5.41) is 4.11. The zero-order chi connectivity index (χ0) is 15.8. The van der Waals surface area contributed by atoms with Gasteiger partial charge in [0, 0.05) is 25.0 Å². The fourth-order valence-corrected chi connectivity index (χ4v) is 3.16. The normalized spacial score (nSPS) is 22.3. The minimum atomic E-state index is 0.511. The molecule has 3 heterocycles. The van der Waals surface area contributed by atoms with Crippen LogP contribution in [0.25, 0.3) is 0 Å². The monoisotopic (exact) mass is 317 g/mol. The van der Waals surface area contributed by atoms with Gasteiger partial charge in [0.15, 0.2) is 5.82 Å². The third kappa shape index (κ3) is 3.45. The van der Waals surface area contributed by atoms with Crippen LogP contribution in [-0.2, 0) is 13.1 Å². The predicted molar refractivity (Wildman–Crippen MR) is 82.7 cm³/mol. The van der Waals surface area contributed by atoms with Crippen molar-refractivity contribution in [2.24, 2.45) is 0 Å². The smallest absolute Gasteiger partial charge is 0.229 e. The van der Waals surface area contributed by atoms with E-state index in [9.17, 15) is 0 Å². The van der Waals surface area contributed by atoms with Crippen LogP contribution in [0.1, 0.15) is 48.5 Å². The molecule has 124 valence electrons. The lowest BCUT2D eigenvalue weighted by molar-refractivity contribution is 0.203. The minimum Gasteiger partial charge on any atom is -0.445 e. The van der Waals surface area contributed by atoms with E-state index in [0.717, 1.165) is 56.0 Å². The van der Waals surface area contributed by atoms with E-state index in [1.807, 2.05) is 6.92 Å². The molecule has 0 radical (unpaired) electrons. The molecule has 0 bridgehead atoms. The van der Waals surface area contributed by atoms with Gasteiger partial charge in [-0.05, 0) is 33.2 Å². The summed E-state index contributed by atoms with van der Waals surface area (Å²) in [7, 11) is 2.13. The first kappa shape index (κ1) is 14.8. The quantitative estimate of drug-likeness (QED) is 0.806. The molecule has 1 aliphatic carbocycles. The molecule has 23 heavy (non-hydrogen) atoms. The Morgan fingerprint density at radius 3 is 2.96 bits per heavy atom. The van der Waals surface area contributed by atoms with Crippen LogP contribution >= 0.6 is 0 Å². The summed E-state index contributed by atoms with van der Waals surface area (Å²) in [6, 6.07) is 0.511. The predicted octanol–water partition coefficient (Wildman–Crippen LogP) is 1.95. The second-order valence-electron chi connectivity index (χ2n) is 6.78. The van der Waals surface area contributed by atoms with Crippen molar-refractivity contribution in [3.8, 4) is 0 Å². The maximum atomic E-state index is 5.57. The Labute approximate surface area is 135 Å². The van der Waals surface area contributed by atoms with Gasteiger partial charge in [-0.2, -0.15) is 4.98 Å². The Kier molecular flexibility index (Phi) is 3.90. The van der Waals surface area contributed by atoms with E-state index in [0.29, 0.717) is 12.0 Å². The van der Waals surface area contributed by atoms with Crippen LogP contribution in [-0.4, -0.2) is 51.1 Å². The molecule has 2 aromatic heterocycles. The molecule has 0 spiro atoms. The highest BCUT2D eigenvalue weighted by atomic mass is 16.5. The molecule has 2 aliphatic rings. The number of likely N-dealkylation sites (N-methyl/N-ethyl adjacent to an activating group) is 1. The van der Waals surface area contributed by atoms with E-state index in [-0.39, 0.29) is 0 Å². The maximum Gasteiger partial charge on any atom is 0.229 e. The van der Waals surface area contributed by atoms with Crippen LogP contribution in [0.15, 0.2) is 15.1 Å². The highest BCUT2D eigenvalue weighted by Crippen LogP contribution is 2.38. The van der Waals surface area contributed by atoms with Crippen LogP contribution in [0.3, 0.4) is 0 Å². The van der Waals surface area contributed by atoms with E-state index in [1.165, 1.54) is 12.8 Å². The van der Waals surface area contributed by atoms with Crippen molar-refractivity contribution in [1.82, 2.24) is 24.9 Å². The summed E-state index contributed by atoms with van der Waals surface area (Å²) in [4.78, 5) is 13.5. The molecule has 0 amide bonds. The number of nitrogens with zero attached hydrogens (tertiary/aromatic N) is 5. The molecule has 2 fully saturated rings. The van der Waals surface area contributed by atoms with E-state index >= 15 is 0 Å². The molecule has 1 saturated heterocycles. The number of aryl methyl sites for hydroxylation is 1. The molecular weight excluding hydrogens is 294 g/mol. The van der Waals surface area contributed by atoms with Gasteiger partial charge in [-0.1, -0.05) is 5.16 Å². The average molecular weight is 317 g/mol. The third-order valence-electron chi connectivity index (χ3n) is 4.70. The van der Waals surface area contributed by atoms with Gasteiger partial charge in [0.05, 0.1) is 19.3 Å². The molecule has 4 rings (SSSR count). The number of oxazole rings is 1. The van der Waals surface area contributed by atoms with Crippen LogP contribution in [0.5, 0.6) is 0 Å². The van der Waals surface area contributed by atoms with Crippen LogP contribution in [0, 0.1) is 6.92 Å². The fraction of sp³-hybridized carbons (Fsp3) is 0.688. The van der Waals surface area contributed by atoms with Gasteiger partial charge in [-0.25, -0.2) is 4.98 Å². The summed E-state index contributed by atoms with van der Waals surface area (Å²) in [6.07, 6.45) is 5.30. The maximum absolute atomic E-state index is 5.57. The van der Waals surface area contributed by atoms with Crippen molar-refractivity contribution in [2.75, 3.05) is 20.1 Å². The van der Waals surface area contributed by atoms with Gasteiger partial charge in [-0.3, -0.25) is 9.80 Å². The average Bonchev–Trinajstić information content (AvgIpc) is 2.93. The van der Waals surface area contributed by atoms with Crippen LogP contribution < -0.4 is 0 Å². The molecular formula is C16H23N5O2. The molecule has 0 unspecified atom stereocenters. The van der Waals surface area contributed by atoms with Crippen molar-refractivity contribution < 1.29 is 8.94 Å². The van der Waals surface area contributed by atoms with Gasteiger partial charge >= 0.3 is 0 Å². The minimum absolute atomic E-state index is 0.511. The topological polar surface area (TPSA) is 71.4 Å². The Bertz CT molecular complexity index is 663. The van der Waals surface area contributed by atoms with Gasteiger partial charge < -0.3 is 8.94 Å². The molecule has 0 aromatic carbocycles. The molecule has 7 nitrogen and oxygen atoms in total. The third-order valence-corrected chi connectivity index (χ3v) is 4.70. The Morgan fingerprint density at radius 2 is 2.22 bits per heavy atom. The molecule has 1 saturated carbocycles. The standard InChI is InChI=1S/C16H23N5O2/c1-11-7-17-15(22-11)10-20(2)13-5-6-21(8-13)9-14-18-16(23-19-14)12-3-4-12/h7,12-13H,3-6,8-10H2,1-2H3/t13-/m1/s1. The second kappa shape index (κ2) is 6.05. The number of hydrogen-bond donors (Lipinski definition) is 0. The number of likely N-dealkylation sites (tertiary alicyclic amines) is 1. The Hall–Kier alpha value is -1.73. The summed E-state index contributed by atoms with van der Waals surface area (Å²) in [5.41, 5.74) is 0. The van der Waals surface area contributed by atoms with Crippen molar-refractivity contribution in [3.63, 3.8) is 0 Å². The summed E-state index contributed by atoms with van der Waals surface area (Å²) in [6.45, 7) is 5.53. The number of hydrogen-bond acceptors (Lipinski definition) is 7. The van der Waals surface area contributed by atoms with Crippen molar-refractivity contribution in [2.45, 2.75) is 51.2 Å². The first-order chi connectivity index (χ1) is 11.2. The largest absolute Gasteiger partial charge is 0.445 e. The van der Waals surface area contributed by atoms with Gasteiger partial charge in [0.2, 0.25) is 11.8 Å². The number of aromatic nitrogens is 3.